The van der Waals surface area contributed by atoms with Crippen molar-refractivity contribution in [2.45, 2.75) is 44.8 Å². The van der Waals surface area contributed by atoms with E-state index in [4.69, 9.17) is 0 Å². The second-order valence-electron chi connectivity index (χ2n) is 5.13. The number of aromatic carboxylic acids is 1. The number of rotatable bonds is 2. The van der Waals surface area contributed by atoms with Gasteiger partial charge in [0.05, 0.1) is 11.7 Å². The van der Waals surface area contributed by atoms with E-state index >= 15 is 0 Å². The minimum atomic E-state index is -0.895. The highest BCUT2D eigenvalue weighted by atomic mass is 16.4. The molecule has 1 aliphatic heterocycles. The van der Waals surface area contributed by atoms with Gasteiger partial charge in [-0.25, -0.2) is 4.79 Å². The van der Waals surface area contributed by atoms with Crippen LogP contribution in [0.2, 0.25) is 0 Å². The van der Waals surface area contributed by atoms with E-state index in [0.717, 1.165) is 30.6 Å². The standard InChI is InChI=1S/C12H17N3O2/c1-14-6-9-10(7-14)15(8-4-2-3-5-8)13-11(9)12(16)17/h8H,2-7H2,1H3,(H,16,17). The highest BCUT2D eigenvalue weighted by Crippen LogP contribution is 2.34. The van der Waals surface area contributed by atoms with Crippen molar-refractivity contribution < 1.29 is 9.90 Å². The molecule has 1 aliphatic carbocycles. The maximum absolute atomic E-state index is 11.2. The lowest BCUT2D eigenvalue weighted by Crippen LogP contribution is -2.16. The molecule has 92 valence electrons. The Morgan fingerprint density at radius 3 is 2.71 bits per heavy atom. The Balaban J connectivity index is 2.04. The molecule has 0 saturated heterocycles. The van der Waals surface area contributed by atoms with Crippen molar-refractivity contribution in [1.82, 2.24) is 14.7 Å². The summed E-state index contributed by atoms with van der Waals surface area (Å²) in [6, 6.07) is 0.420. The molecule has 17 heavy (non-hydrogen) atoms. The predicted octanol–water partition coefficient (Wildman–Crippen LogP) is 1.64. The van der Waals surface area contributed by atoms with Crippen LogP contribution in [0.5, 0.6) is 0 Å². The molecular weight excluding hydrogens is 218 g/mol. The van der Waals surface area contributed by atoms with Crippen molar-refractivity contribution in [3.8, 4) is 0 Å². The van der Waals surface area contributed by atoms with Crippen LogP contribution in [0.1, 0.15) is 53.5 Å². The molecule has 2 aliphatic rings. The number of carbonyl (C=O) groups is 1. The first-order valence-electron chi connectivity index (χ1n) is 6.19. The molecule has 0 atom stereocenters. The molecule has 5 nitrogen and oxygen atoms in total. The van der Waals surface area contributed by atoms with Crippen molar-refractivity contribution in [2.75, 3.05) is 7.05 Å². The zero-order valence-electron chi connectivity index (χ0n) is 10.0. The van der Waals surface area contributed by atoms with Crippen molar-refractivity contribution >= 4 is 5.97 Å². The Morgan fingerprint density at radius 1 is 1.35 bits per heavy atom. The van der Waals surface area contributed by atoms with Gasteiger partial charge in [-0.2, -0.15) is 5.10 Å². The van der Waals surface area contributed by atoms with Gasteiger partial charge in [-0.05, 0) is 19.9 Å². The molecule has 2 heterocycles. The number of carboxylic acid groups (broad SMARTS) is 1. The van der Waals surface area contributed by atoms with Crippen LogP contribution in [-0.2, 0) is 13.1 Å². The third-order valence-corrected chi connectivity index (χ3v) is 3.84. The van der Waals surface area contributed by atoms with E-state index in [1.807, 2.05) is 11.7 Å². The highest BCUT2D eigenvalue weighted by Gasteiger charge is 2.32. The van der Waals surface area contributed by atoms with Crippen LogP contribution in [0, 0.1) is 0 Å². The van der Waals surface area contributed by atoms with Crippen LogP contribution in [0.15, 0.2) is 0 Å². The molecule has 0 aromatic carbocycles. The monoisotopic (exact) mass is 235 g/mol. The summed E-state index contributed by atoms with van der Waals surface area (Å²) >= 11 is 0. The molecule has 3 rings (SSSR count). The van der Waals surface area contributed by atoms with Crippen molar-refractivity contribution in [2.24, 2.45) is 0 Å². The average molecular weight is 235 g/mol. The molecule has 1 N–H and O–H groups in total. The number of carboxylic acids is 1. The number of fused-ring (bicyclic) bond motifs is 1. The van der Waals surface area contributed by atoms with Crippen LogP contribution in [0.25, 0.3) is 0 Å². The quantitative estimate of drug-likeness (QED) is 0.846. The van der Waals surface area contributed by atoms with Gasteiger partial charge in [0, 0.05) is 18.7 Å². The second kappa shape index (κ2) is 3.84. The smallest absolute Gasteiger partial charge is 0.356 e. The van der Waals surface area contributed by atoms with Gasteiger partial charge in [-0.15, -0.1) is 0 Å². The van der Waals surface area contributed by atoms with E-state index in [-0.39, 0.29) is 5.69 Å². The first-order valence-corrected chi connectivity index (χ1v) is 6.19. The average Bonchev–Trinajstić information content (AvgIpc) is 2.90. The van der Waals surface area contributed by atoms with E-state index in [2.05, 4.69) is 10.00 Å². The molecule has 0 unspecified atom stereocenters. The lowest BCUT2D eigenvalue weighted by atomic mass is 10.2. The van der Waals surface area contributed by atoms with Gasteiger partial charge in [0.2, 0.25) is 0 Å². The summed E-state index contributed by atoms with van der Waals surface area (Å²) in [6.45, 7) is 1.54. The van der Waals surface area contributed by atoms with Crippen molar-refractivity contribution in [3.63, 3.8) is 0 Å². The van der Waals surface area contributed by atoms with E-state index in [0.29, 0.717) is 12.6 Å². The third kappa shape index (κ3) is 1.65. The summed E-state index contributed by atoms with van der Waals surface area (Å²) in [5.41, 5.74) is 2.31. The van der Waals surface area contributed by atoms with Gasteiger partial charge < -0.3 is 5.11 Å². The maximum Gasteiger partial charge on any atom is 0.356 e. The maximum atomic E-state index is 11.2. The Kier molecular flexibility index (Phi) is 2.43. The van der Waals surface area contributed by atoms with Crippen LogP contribution in [0.3, 0.4) is 0 Å². The number of hydrogen-bond acceptors (Lipinski definition) is 3. The topological polar surface area (TPSA) is 58.4 Å². The molecule has 1 saturated carbocycles. The molecule has 1 aromatic heterocycles. The third-order valence-electron chi connectivity index (χ3n) is 3.84. The van der Waals surface area contributed by atoms with Crippen LogP contribution < -0.4 is 0 Å². The predicted molar refractivity (Wildman–Crippen MR) is 61.9 cm³/mol. The van der Waals surface area contributed by atoms with E-state index in [9.17, 15) is 9.90 Å². The summed E-state index contributed by atoms with van der Waals surface area (Å²) in [5, 5.41) is 13.5. The Bertz CT molecular complexity index is 461. The van der Waals surface area contributed by atoms with E-state index in [1.165, 1.54) is 12.8 Å². The molecule has 0 bridgehead atoms. The molecule has 0 amide bonds. The summed E-state index contributed by atoms with van der Waals surface area (Å²) in [6.07, 6.45) is 4.74. The molecule has 0 radical (unpaired) electrons. The van der Waals surface area contributed by atoms with Crippen LogP contribution >= 0.6 is 0 Å². The number of hydrogen-bond donors (Lipinski definition) is 1. The number of nitrogens with zero attached hydrogens (tertiary/aromatic N) is 3. The number of aromatic nitrogens is 2. The Morgan fingerprint density at radius 2 is 2.06 bits per heavy atom. The second-order valence-corrected chi connectivity index (χ2v) is 5.13. The van der Waals surface area contributed by atoms with Gasteiger partial charge in [0.25, 0.3) is 0 Å². The van der Waals surface area contributed by atoms with E-state index in [1.54, 1.807) is 0 Å². The molecule has 1 aromatic rings. The largest absolute Gasteiger partial charge is 0.476 e. The highest BCUT2D eigenvalue weighted by molar-refractivity contribution is 5.87. The fourth-order valence-electron chi connectivity index (χ4n) is 3.04. The Labute approximate surface area is 100 Å². The lowest BCUT2D eigenvalue weighted by Gasteiger charge is -2.14. The fraction of sp³-hybridized carbons (Fsp3) is 0.667. The van der Waals surface area contributed by atoms with Gasteiger partial charge in [0.15, 0.2) is 5.69 Å². The minimum absolute atomic E-state index is 0.260. The van der Waals surface area contributed by atoms with Gasteiger partial charge in [-0.3, -0.25) is 9.58 Å². The first-order chi connectivity index (χ1) is 8.16. The minimum Gasteiger partial charge on any atom is -0.476 e. The summed E-state index contributed by atoms with van der Waals surface area (Å²) in [5.74, 6) is -0.895. The van der Waals surface area contributed by atoms with Crippen LogP contribution in [0.4, 0.5) is 0 Å². The van der Waals surface area contributed by atoms with E-state index < -0.39 is 5.97 Å². The molecule has 5 heteroatoms. The van der Waals surface area contributed by atoms with Gasteiger partial charge in [-0.1, -0.05) is 12.8 Å². The molecule has 1 fully saturated rings. The Hall–Kier alpha value is -1.36. The summed E-state index contributed by atoms with van der Waals surface area (Å²) in [4.78, 5) is 13.3. The van der Waals surface area contributed by atoms with Gasteiger partial charge >= 0.3 is 5.97 Å². The molecule has 0 spiro atoms. The first kappa shape index (κ1) is 10.8. The van der Waals surface area contributed by atoms with Gasteiger partial charge in [0.1, 0.15) is 0 Å². The normalized spacial score (nSPS) is 21.0. The SMILES string of the molecule is CN1Cc2c(C(=O)O)nn(C3CCCC3)c2C1. The summed E-state index contributed by atoms with van der Waals surface area (Å²) < 4.78 is 2.00. The van der Waals surface area contributed by atoms with Crippen molar-refractivity contribution in [3.05, 3.63) is 17.0 Å². The van der Waals surface area contributed by atoms with Crippen LogP contribution in [-0.4, -0.2) is 32.8 Å². The summed E-state index contributed by atoms with van der Waals surface area (Å²) in [7, 11) is 2.02. The zero-order chi connectivity index (χ0) is 12.0. The fourth-order valence-corrected chi connectivity index (χ4v) is 3.04. The van der Waals surface area contributed by atoms with Crippen molar-refractivity contribution in [1.29, 1.82) is 0 Å². The lowest BCUT2D eigenvalue weighted by molar-refractivity contribution is 0.0687. The molecular formula is C12H17N3O2. The zero-order valence-corrected chi connectivity index (χ0v) is 10.0.